The highest BCUT2D eigenvalue weighted by atomic mass is 28.3. The minimum Gasteiger partial charge on any atom is -0.488 e. The van der Waals surface area contributed by atoms with Crippen molar-refractivity contribution in [3.63, 3.8) is 0 Å². The van der Waals surface area contributed by atoms with Crippen molar-refractivity contribution < 1.29 is 9.13 Å². The molecule has 2 nitrogen and oxygen atoms in total. The van der Waals surface area contributed by atoms with Gasteiger partial charge in [-0.15, -0.1) is 5.54 Å². The normalized spacial score (nSPS) is 17.1. The summed E-state index contributed by atoms with van der Waals surface area (Å²) in [7, 11) is -1.47. The van der Waals surface area contributed by atoms with Gasteiger partial charge in [-0.1, -0.05) is 31.6 Å². The number of nitrogens with zero attached hydrogens (tertiary/aromatic N) is 1. The van der Waals surface area contributed by atoms with Gasteiger partial charge in [-0.3, -0.25) is 0 Å². The lowest BCUT2D eigenvalue weighted by atomic mass is 9.88. The number of nitriles is 1. The third-order valence-electron chi connectivity index (χ3n) is 4.93. The van der Waals surface area contributed by atoms with E-state index in [0.717, 1.165) is 46.2 Å². The maximum absolute atomic E-state index is 13.8. The van der Waals surface area contributed by atoms with Crippen molar-refractivity contribution in [2.75, 3.05) is 0 Å². The Bertz CT molecular complexity index is 1090. The van der Waals surface area contributed by atoms with Gasteiger partial charge >= 0.3 is 0 Å². The number of allylic oxidation sites excluding steroid dienone is 1. The van der Waals surface area contributed by atoms with Crippen LogP contribution >= 0.6 is 0 Å². The van der Waals surface area contributed by atoms with E-state index in [1.807, 2.05) is 18.2 Å². The first kappa shape index (κ1) is 18.5. The molecule has 140 valence electrons. The van der Waals surface area contributed by atoms with Crippen molar-refractivity contribution in [1.29, 1.82) is 5.26 Å². The molecule has 2 aliphatic rings. The summed E-state index contributed by atoms with van der Waals surface area (Å²) >= 11 is 0. The molecule has 0 bridgehead atoms. The first-order valence-corrected chi connectivity index (χ1v) is 13.1. The molecule has 1 heterocycles. The average Bonchev–Trinajstić information content (AvgIpc) is 3.48. The van der Waals surface area contributed by atoms with Crippen LogP contribution in [0.4, 0.5) is 4.39 Å². The Morgan fingerprint density at radius 3 is 2.54 bits per heavy atom. The molecule has 0 unspecified atom stereocenters. The molecule has 2 aromatic rings. The topological polar surface area (TPSA) is 33.0 Å². The third kappa shape index (κ3) is 3.74. The second-order valence-electron chi connectivity index (χ2n) is 8.48. The summed E-state index contributed by atoms with van der Waals surface area (Å²) < 4.78 is 19.8. The Kier molecular flexibility index (Phi) is 4.61. The molecule has 0 N–H and O–H groups in total. The Labute approximate surface area is 166 Å². The number of benzene rings is 2. The molecule has 2 aromatic carbocycles. The summed E-state index contributed by atoms with van der Waals surface area (Å²) in [4.78, 5) is 0. The third-order valence-corrected chi connectivity index (χ3v) is 5.80. The number of hydrogen-bond donors (Lipinski definition) is 0. The monoisotopic (exact) mass is 387 g/mol. The fraction of sp³-hybridized carbons (Fsp3) is 0.292. The van der Waals surface area contributed by atoms with Gasteiger partial charge in [0.2, 0.25) is 0 Å². The molecule has 0 aromatic heterocycles. The summed E-state index contributed by atoms with van der Waals surface area (Å²) in [6.45, 7) is 6.98. The summed E-state index contributed by atoms with van der Waals surface area (Å²) in [5, 5.41) is 9.87. The molecule has 1 aliphatic carbocycles. The number of fused-ring (bicyclic) bond motifs is 2. The number of hydrogen-bond acceptors (Lipinski definition) is 2. The lowest BCUT2D eigenvalue weighted by Crippen LogP contribution is -2.16. The molecular formula is C24H22FNOSi. The Hall–Kier alpha value is -2.82. The number of halogens is 1. The highest BCUT2D eigenvalue weighted by molar-refractivity contribution is 6.83. The molecule has 1 fully saturated rings. The van der Waals surface area contributed by atoms with Gasteiger partial charge in [-0.05, 0) is 54.2 Å². The number of ether oxygens (including phenoxy) is 1. The summed E-state index contributed by atoms with van der Waals surface area (Å²) in [5.74, 6) is 3.74. The van der Waals surface area contributed by atoms with Crippen molar-refractivity contribution in [3.8, 4) is 23.3 Å². The van der Waals surface area contributed by atoms with E-state index in [0.29, 0.717) is 12.4 Å². The van der Waals surface area contributed by atoms with Crippen LogP contribution in [0.5, 0.6) is 5.75 Å². The van der Waals surface area contributed by atoms with E-state index >= 15 is 0 Å². The van der Waals surface area contributed by atoms with Crippen LogP contribution in [0.15, 0.2) is 42.0 Å². The van der Waals surface area contributed by atoms with Crippen LogP contribution in [-0.4, -0.2) is 8.07 Å². The van der Waals surface area contributed by atoms with E-state index in [1.165, 1.54) is 12.1 Å². The van der Waals surface area contributed by atoms with E-state index in [4.69, 9.17) is 4.74 Å². The van der Waals surface area contributed by atoms with E-state index in [-0.39, 0.29) is 11.7 Å². The fourth-order valence-corrected chi connectivity index (χ4v) is 3.95. The van der Waals surface area contributed by atoms with E-state index in [9.17, 15) is 9.65 Å². The molecule has 0 amide bonds. The zero-order valence-corrected chi connectivity index (χ0v) is 17.4. The van der Waals surface area contributed by atoms with Crippen molar-refractivity contribution in [1.82, 2.24) is 0 Å². The second-order valence-corrected chi connectivity index (χ2v) is 13.2. The quantitative estimate of drug-likeness (QED) is 0.358. The van der Waals surface area contributed by atoms with Gasteiger partial charge in [-0.2, -0.15) is 5.26 Å². The fourth-order valence-electron chi connectivity index (χ4n) is 3.43. The van der Waals surface area contributed by atoms with Crippen LogP contribution in [0.2, 0.25) is 19.6 Å². The van der Waals surface area contributed by atoms with Gasteiger partial charge < -0.3 is 4.74 Å². The van der Waals surface area contributed by atoms with Crippen LogP contribution in [0, 0.1) is 34.5 Å². The molecule has 1 saturated carbocycles. The van der Waals surface area contributed by atoms with E-state index < -0.39 is 8.07 Å². The van der Waals surface area contributed by atoms with Crippen LogP contribution in [-0.2, 0) is 6.61 Å². The predicted molar refractivity (Wildman–Crippen MR) is 112 cm³/mol. The van der Waals surface area contributed by atoms with Crippen LogP contribution in [0.3, 0.4) is 0 Å². The molecular weight excluding hydrogens is 365 g/mol. The molecule has 28 heavy (non-hydrogen) atoms. The smallest absolute Gasteiger partial charge is 0.130 e. The maximum Gasteiger partial charge on any atom is 0.130 e. The van der Waals surface area contributed by atoms with Crippen molar-refractivity contribution in [3.05, 3.63) is 70.0 Å². The standard InChI is InChI=1S/C24H22FNOSi/c1-28(2,3)11-10-16-4-8-20-18(12-16)15-27-23-13-19(25)7-9-21(23)24(20)22(14-26)17-5-6-17/h4,7-9,12-13,17H,5-6,15H2,1-3H3. The first-order chi connectivity index (χ1) is 13.4. The molecule has 1 aliphatic heterocycles. The van der Waals surface area contributed by atoms with Crippen LogP contribution < -0.4 is 4.74 Å². The van der Waals surface area contributed by atoms with Gasteiger partial charge in [0.15, 0.2) is 0 Å². The summed E-state index contributed by atoms with van der Waals surface area (Å²) in [5.41, 5.74) is 8.78. The second kappa shape index (κ2) is 6.97. The Morgan fingerprint density at radius 1 is 1.11 bits per heavy atom. The van der Waals surface area contributed by atoms with Crippen molar-refractivity contribution in [2.45, 2.75) is 39.1 Å². The molecule has 0 radical (unpaired) electrons. The van der Waals surface area contributed by atoms with Crippen LogP contribution in [0.1, 0.15) is 35.1 Å². The van der Waals surface area contributed by atoms with Crippen LogP contribution in [0.25, 0.3) is 5.57 Å². The summed E-state index contributed by atoms with van der Waals surface area (Å²) in [6.07, 6.45) is 2.05. The molecule has 0 saturated heterocycles. The van der Waals surface area contributed by atoms with Gasteiger partial charge in [0.05, 0.1) is 6.07 Å². The van der Waals surface area contributed by atoms with Crippen molar-refractivity contribution in [2.24, 2.45) is 5.92 Å². The van der Waals surface area contributed by atoms with Gasteiger partial charge in [0.25, 0.3) is 0 Å². The van der Waals surface area contributed by atoms with Gasteiger partial charge in [0, 0.05) is 28.3 Å². The molecule has 0 atom stereocenters. The van der Waals surface area contributed by atoms with Crippen molar-refractivity contribution >= 4 is 13.6 Å². The lowest BCUT2D eigenvalue weighted by molar-refractivity contribution is 0.305. The molecule has 4 rings (SSSR count). The molecule has 0 spiro atoms. The van der Waals surface area contributed by atoms with E-state index in [1.54, 1.807) is 6.07 Å². The largest absolute Gasteiger partial charge is 0.488 e. The zero-order valence-electron chi connectivity index (χ0n) is 16.4. The predicted octanol–water partition coefficient (Wildman–Crippen LogP) is 5.68. The highest BCUT2D eigenvalue weighted by Gasteiger charge is 2.32. The SMILES string of the molecule is C[Si](C)(C)C#Cc1ccc2c(c1)COc1cc(F)ccc1C2=C(C#N)C1CC1. The van der Waals surface area contributed by atoms with Gasteiger partial charge in [-0.25, -0.2) is 4.39 Å². The minimum atomic E-state index is -1.47. The zero-order chi connectivity index (χ0) is 19.9. The first-order valence-electron chi connectivity index (χ1n) is 9.59. The number of rotatable bonds is 1. The molecule has 4 heteroatoms. The van der Waals surface area contributed by atoms with Gasteiger partial charge in [0.1, 0.15) is 26.2 Å². The average molecular weight is 388 g/mol. The lowest BCUT2D eigenvalue weighted by Gasteiger charge is -2.13. The highest BCUT2D eigenvalue weighted by Crippen LogP contribution is 2.46. The maximum atomic E-state index is 13.8. The summed E-state index contributed by atoms with van der Waals surface area (Å²) in [6, 6.07) is 13.1. The Balaban J connectivity index is 1.91. The Morgan fingerprint density at radius 2 is 1.86 bits per heavy atom. The minimum absolute atomic E-state index is 0.287. The van der Waals surface area contributed by atoms with E-state index in [2.05, 4.69) is 37.2 Å².